The highest BCUT2D eigenvalue weighted by Gasteiger charge is 2.27. The Bertz CT molecular complexity index is 1320. The number of aryl methyl sites for hydroxylation is 1. The Morgan fingerprint density at radius 2 is 2.05 bits per heavy atom. The number of anilines is 1. The average Bonchev–Trinajstić information content (AvgIpc) is 3.43. The summed E-state index contributed by atoms with van der Waals surface area (Å²) < 4.78 is 1.69. The van der Waals surface area contributed by atoms with E-state index in [1.54, 1.807) is 15.8 Å². The van der Waals surface area contributed by atoms with Gasteiger partial charge in [0.25, 0.3) is 5.91 Å². The topological polar surface area (TPSA) is 96.2 Å². The highest BCUT2D eigenvalue weighted by Crippen LogP contribution is 2.33. The van der Waals surface area contributed by atoms with Gasteiger partial charge in [-0.2, -0.15) is 0 Å². The largest absolute Gasteiger partial charge is 0.368 e. The number of carbonyl (C=O) groups excluding carboxylic acids is 2. The summed E-state index contributed by atoms with van der Waals surface area (Å²) in [4.78, 5) is 33.3. The van der Waals surface area contributed by atoms with Gasteiger partial charge in [-0.1, -0.05) is 30.0 Å². The van der Waals surface area contributed by atoms with Crippen molar-refractivity contribution < 1.29 is 9.59 Å². The van der Waals surface area contributed by atoms with Gasteiger partial charge in [0, 0.05) is 44.5 Å². The highest BCUT2D eigenvalue weighted by molar-refractivity contribution is 5.91. The molecule has 2 aromatic heterocycles. The lowest BCUT2D eigenvalue weighted by atomic mass is 9.97. The number of hydrogen-bond donors (Lipinski definition) is 1. The van der Waals surface area contributed by atoms with Crippen LogP contribution in [0.15, 0.2) is 55.5 Å². The fraction of sp³-hybridized carbons (Fsp3) is 0.414. The first-order valence-corrected chi connectivity index (χ1v) is 13.0. The van der Waals surface area contributed by atoms with Crippen LogP contribution >= 0.6 is 0 Å². The third-order valence-electron chi connectivity index (χ3n) is 7.11. The molecule has 1 aliphatic rings. The first kappa shape index (κ1) is 27.0. The van der Waals surface area contributed by atoms with E-state index in [2.05, 4.69) is 57.2 Å². The summed E-state index contributed by atoms with van der Waals surface area (Å²) in [5.41, 5.74) is 5.41. The normalized spacial score (nSPS) is 15.7. The van der Waals surface area contributed by atoms with Gasteiger partial charge in [0.1, 0.15) is 0 Å². The molecule has 1 aliphatic heterocycles. The molecule has 1 N–H and O–H groups in total. The minimum absolute atomic E-state index is 0.0552. The lowest BCUT2D eigenvalue weighted by Crippen LogP contribution is -2.48. The molecule has 1 saturated heterocycles. The molecule has 0 bridgehead atoms. The first-order valence-electron chi connectivity index (χ1n) is 13.0. The van der Waals surface area contributed by atoms with Gasteiger partial charge < -0.3 is 15.1 Å². The molecule has 0 radical (unpaired) electrons. The SMILES string of the molecule is C=CC(=O)N(C)[C@@H]1CCCN(c2cnccc2-c2ccc(CNC(=O)c3cn(C(C)(C)C)nn3)c(C)c2)C1. The zero-order valence-electron chi connectivity index (χ0n) is 22.9. The Labute approximate surface area is 224 Å². The van der Waals surface area contributed by atoms with Gasteiger partial charge in [0.05, 0.1) is 23.6 Å². The van der Waals surface area contributed by atoms with Crippen LogP contribution in [0, 0.1) is 6.92 Å². The maximum atomic E-state index is 12.6. The number of rotatable bonds is 7. The molecular formula is C29H37N7O2. The number of benzene rings is 1. The Morgan fingerprint density at radius 1 is 1.26 bits per heavy atom. The van der Waals surface area contributed by atoms with E-state index in [1.165, 1.54) is 6.08 Å². The molecule has 1 fully saturated rings. The minimum atomic E-state index is -0.250. The monoisotopic (exact) mass is 515 g/mol. The molecule has 1 atom stereocenters. The average molecular weight is 516 g/mol. The van der Waals surface area contributed by atoms with Crippen LogP contribution in [-0.4, -0.2) is 62.9 Å². The zero-order valence-corrected chi connectivity index (χ0v) is 22.9. The highest BCUT2D eigenvalue weighted by atomic mass is 16.2. The van der Waals surface area contributed by atoms with E-state index >= 15 is 0 Å². The second-order valence-corrected chi connectivity index (χ2v) is 10.8. The predicted molar refractivity (Wildman–Crippen MR) is 149 cm³/mol. The number of piperidine rings is 1. The molecule has 9 heteroatoms. The zero-order chi connectivity index (χ0) is 27.4. The van der Waals surface area contributed by atoms with E-state index in [0.717, 1.165) is 53.9 Å². The first-order chi connectivity index (χ1) is 18.1. The van der Waals surface area contributed by atoms with Crippen molar-refractivity contribution in [2.45, 2.75) is 58.7 Å². The maximum absolute atomic E-state index is 12.6. The Balaban J connectivity index is 1.48. The molecule has 3 heterocycles. The fourth-order valence-corrected chi connectivity index (χ4v) is 4.72. The third-order valence-corrected chi connectivity index (χ3v) is 7.11. The van der Waals surface area contributed by atoms with Crippen LogP contribution in [-0.2, 0) is 16.9 Å². The van der Waals surface area contributed by atoms with Crippen molar-refractivity contribution in [3.8, 4) is 11.1 Å². The third kappa shape index (κ3) is 5.93. The van der Waals surface area contributed by atoms with Crippen LogP contribution < -0.4 is 10.2 Å². The number of aromatic nitrogens is 4. The summed E-state index contributed by atoms with van der Waals surface area (Å²) >= 11 is 0. The number of likely N-dealkylation sites (N-methyl/N-ethyl adjacent to an activating group) is 1. The summed E-state index contributed by atoms with van der Waals surface area (Å²) in [6.45, 7) is 13.8. The van der Waals surface area contributed by atoms with Gasteiger partial charge in [-0.3, -0.25) is 14.6 Å². The van der Waals surface area contributed by atoms with Crippen LogP contribution in [0.3, 0.4) is 0 Å². The standard InChI is InChI=1S/C29H37N7O2/c1-7-27(37)34(6)23-9-8-14-35(18-23)26-17-30-13-12-24(26)21-10-11-22(20(2)15-21)16-31-28(38)25-19-36(33-32-25)29(3,4)5/h7,10-13,15,17,19,23H,1,8-9,14,16,18H2,2-6H3,(H,31,38)/t23-/m1/s1. The summed E-state index contributed by atoms with van der Waals surface area (Å²) in [6, 6.07) is 8.44. The quantitative estimate of drug-likeness (QED) is 0.479. The molecule has 0 spiro atoms. The van der Waals surface area contributed by atoms with Crippen molar-refractivity contribution in [2.24, 2.45) is 0 Å². The number of amides is 2. The van der Waals surface area contributed by atoms with E-state index < -0.39 is 0 Å². The second kappa shape index (κ2) is 11.2. The summed E-state index contributed by atoms with van der Waals surface area (Å²) in [5.74, 6) is -0.305. The van der Waals surface area contributed by atoms with Crippen molar-refractivity contribution in [1.82, 2.24) is 30.2 Å². The predicted octanol–water partition coefficient (Wildman–Crippen LogP) is 3.95. The number of carbonyl (C=O) groups is 2. The lowest BCUT2D eigenvalue weighted by molar-refractivity contribution is -0.126. The van der Waals surface area contributed by atoms with Crippen LogP contribution in [0.5, 0.6) is 0 Å². The number of hydrogen-bond acceptors (Lipinski definition) is 6. The Kier molecular flexibility index (Phi) is 7.94. The summed E-state index contributed by atoms with van der Waals surface area (Å²) in [5, 5.41) is 11.1. The summed E-state index contributed by atoms with van der Waals surface area (Å²) in [7, 11) is 1.84. The van der Waals surface area contributed by atoms with Crippen LogP contribution in [0.25, 0.3) is 11.1 Å². The van der Waals surface area contributed by atoms with Crippen molar-refractivity contribution in [2.75, 3.05) is 25.0 Å². The molecule has 0 saturated carbocycles. The van der Waals surface area contributed by atoms with Crippen molar-refractivity contribution in [3.63, 3.8) is 0 Å². The molecular weight excluding hydrogens is 478 g/mol. The maximum Gasteiger partial charge on any atom is 0.273 e. The number of pyridine rings is 1. The molecule has 200 valence electrons. The van der Waals surface area contributed by atoms with Crippen LogP contribution in [0.2, 0.25) is 0 Å². The Morgan fingerprint density at radius 3 is 2.74 bits per heavy atom. The van der Waals surface area contributed by atoms with Crippen molar-refractivity contribution in [3.05, 3.63) is 72.3 Å². The van der Waals surface area contributed by atoms with Gasteiger partial charge in [-0.25, -0.2) is 4.68 Å². The van der Waals surface area contributed by atoms with Crippen LogP contribution in [0.4, 0.5) is 5.69 Å². The van der Waals surface area contributed by atoms with Gasteiger partial charge in [-0.15, -0.1) is 5.10 Å². The molecule has 38 heavy (non-hydrogen) atoms. The molecule has 2 amide bonds. The van der Waals surface area contributed by atoms with Crippen LogP contribution in [0.1, 0.15) is 55.2 Å². The fourth-order valence-electron chi connectivity index (χ4n) is 4.72. The lowest BCUT2D eigenvalue weighted by Gasteiger charge is -2.39. The molecule has 9 nitrogen and oxygen atoms in total. The smallest absolute Gasteiger partial charge is 0.273 e. The van der Waals surface area contributed by atoms with Gasteiger partial charge >= 0.3 is 0 Å². The van der Waals surface area contributed by atoms with E-state index in [1.807, 2.05) is 46.3 Å². The second-order valence-electron chi connectivity index (χ2n) is 10.8. The minimum Gasteiger partial charge on any atom is -0.368 e. The molecule has 3 aromatic rings. The van der Waals surface area contributed by atoms with E-state index in [9.17, 15) is 9.59 Å². The Hall–Kier alpha value is -4.01. The van der Waals surface area contributed by atoms with Crippen molar-refractivity contribution >= 4 is 17.5 Å². The van der Waals surface area contributed by atoms with Gasteiger partial charge in [-0.05, 0) is 69.4 Å². The molecule has 0 aliphatic carbocycles. The van der Waals surface area contributed by atoms with E-state index in [-0.39, 0.29) is 23.4 Å². The number of nitrogens with zero attached hydrogens (tertiary/aromatic N) is 6. The molecule has 0 unspecified atom stereocenters. The van der Waals surface area contributed by atoms with Gasteiger partial charge in [0.2, 0.25) is 5.91 Å². The molecule has 1 aromatic carbocycles. The van der Waals surface area contributed by atoms with Gasteiger partial charge in [0.15, 0.2) is 5.69 Å². The molecule has 4 rings (SSSR count). The number of nitrogens with one attached hydrogen (secondary N) is 1. The van der Waals surface area contributed by atoms with E-state index in [4.69, 9.17) is 0 Å². The van der Waals surface area contributed by atoms with E-state index in [0.29, 0.717) is 12.2 Å². The van der Waals surface area contributed by atoms with Crippen molar-refractivity contribution in [1.29, 1.82) is 0 Å². The summed E-state index contributed by atoms with van der Waals surface area (Å²) in [6.07, 6.45) is 8.72.